The molecule has 102 valence electrons. The fraction of sp³-hybridized carbons (Fsp3) is 1.00. The summed E-state index contributed by atoms with van der Waals surface area (Å²) < 4.78 is 17.2. The van der Waals surface area contributed by atoms with Gasteiger partial charge in [-0.25, -0.2) is 0 Å². The second-order valence-electron chi connectivity index (χ2n) is 5.12. The Bertz CT molecular complexity index is 241. The van der Waals surface area contributed by atoms with Crippen LogP contribution in [0.1, 0.15) is 39.5 Å². The van der Waals surface area contributed by atoms with Crippen LogP contribution in [0.4, 0.5) is 0 Å². The quantitative estimate of drug-likeness (QED) is 0.660. The van der Waals surface area contributed by atoms with Gasteiger partial charge in [-0.1, -0.05) is 0 Å². The van der Waals surface area contributed by atoms with Crippen molar-refractivity contribution in [3.8, 4) is 0 Å². The van der Waals surface area contributed by atoms with Gasteiger partial charge in [0.25, 0.3) is 0 Å². The number of hydrogen-bond acceptors (Lipinski definition) is 3. The van der Waals surface area contributed by atoms with Crippen molar-refractivity contribution in [1.82, 2.24) is 0 Å². The Kier molecular flexibility index (Phi) is 4.75. The zero-order valence-corrected chi connectivity index (χ0v) is 12.1. The summed E-state index contributed by atoms with van der Waals surface area (Å²) in [4.78, 5) is 0. The number of fused-ring (bicyclic) bond motifs is 1. The van der Waals surface area contributed by atoms with E-state index < -0.39 is 10.6 Å². The molecule has 3 unspecified atom stereocenters. The minimum atomic E-state index is -1.28. The smallest absolute Gasteiger partial charge is 0.0844 e. The molecule has 4 heteroatoms. The minimum Gasteiger partial charge on any atom is -0.370 e. The monoisotopic (exact) mass is 262 g/mol. The zero-order valence-electron chi connectivity index (χ0n) is 11.3. The van der Waals surface area contributed by atoms with Crippen LogP contribution in [0.3, 0.4) is 0 Å². The van der Waals surface area contributed by atoms with Crippen LogP contribution >= 0.6 is 10.6 Å². The molecule has 1 aliphatic carbocycles. The third-order valence-corrected chi connectivity index (χ3v) is 6.19. The zero-order chi connectivity index (χ0) is 12.3. The van der Waals surface area contributed by atoms with Crippen molar-refractivity contribution in [3.63, 3.8) is 0 Å². The molecule has 1 heterocycles. The summed E-state index contributed by atoms with van der Waals surface area (Å²) in [5.74, 6) is 1.91. The van der Waals surface area contributed by atoms with Gasteiger partial charge in [0.15, 0.2) is 0 Å². The molecule has 0 N–H and O–H groups in total. The van der Waals surface area contributed by atoms with Gasteiger partial charge >= 0.3 is 0 Å². The molecule has 3 nitrogen and oxygen atoms in total. The maximum absolute atomic E-state index is 5.83. The van der Waals surface area contributed by atoms with Gasteiger partial charge in [0.2, 0.25) is 0 Å². The predicted octanol–water partition coefficient (Wildman–Crippen LogP) is 3.28. The molecule has 2 aliphatic rings. The lowest BCUT2D eigenvalue weighted by Gasteiger charge is -2.40. The Balaban J connectivity index is 1.73. The maximum Gasteiger partial charge on any atom is 0.0844 e. The lowest BCUT2D eigenvalue weighted by atomic mass is 9.88. The van der Waals surface area contributed by atoms with E-state index in [4.69, 9.17) is 13.1 Å². The Morgan fingerprint density at radius 1 is 1.12 bits per heavy atom. The van der Waals surface area contributed by atoms with Gasteiger partial charge in [-0.15, -0.1) is 0 Å². The van der Waals surface area contributed by atoms with Crippen LogP contribution < -0.4 is 0 Å². The highest BCUT2D eigenvalue weighted by Crippen LogP contribution is 2.49. The average Bonchev–Trinajstić information content (AvgIpc) is 3.05. The molecule has 0 amide bonds. The van der Waals surface area contributed by atoms with Crippen LogP contribution in [0.25, 0.3) is 0 Å². The number of ether oxygens (including phenoxy) is 1. The Morgan fingerprint density at radius 2 is 1.82 bits per heavy atom. The highest BCUT2D eigenvalue weighted by molar-refractivity contribution is 8.25. The molecule has 0 aromatic rings. The summed E-state index contributed by atoms with van der Waals surface area (Å²) in [6.07, 6.45) is 8.45. The van der Waals surface area contributed by atoms with E-state index in [9.17, 15) is 0 Å². The first kappa shape index (κ1) is 13.7. The molecule has 0 aromatic carbocycles. The molecular formula is C13H26O3S. The summed E-state index contributed by atoms with van der Waals surface area (Å²) in [6.45, 7) is 5.61. The molecule has 0 bridgehead atoms. The van der Waals surface area contributed by atoms with Crippen LogP contribution in [0, 0.1) is 5.92 Å². The van der Waals surface area contributed by atoms with E-state index in [2.05, 4.69) is 6.26 Å². The number of rotatable bonds is 7. The summed E-state index contributed by atoms with van der Waals surface area (Å²) in [7, 11) is -1.28. The van der Waals surface area contributed by atoms with Crippen molar-refractivity contribution in [1.29, 1.82) is 0 Å². The van der Waals surface area contributed by atoms with E-state index in [0.29, 0.717) is 12.2 Å². The van der Waals surface area contributed by atoms with Gasteiger partial charge in [-0.3, -0.25) is 8.37 Å². The van der Waals surface area contributed by atoms with Crippen molar-refractivity contribution in [2.75, 3.05) is 25.2 Å². The molecule has 2 fully saturated rings. The van der Waals surface area contributed by atoms with E-state index in [1.165, 1.54) is 25.7 Å². The third-order valence-electron chi connectivity index (χ3n) is 3.74. The van der Waals surface area contributed by atoms with Crippen molar-refractivity contribution in [3.05, 3.63) is 0 Å². The van der Waals surface area contributed by atoms with Crippen LogP contribution in [-0.4, -0.2) is 37.4 Å². The highest BCUT2D eigenvalue weighted by Gasteiger charge is 2.43. The average molecular weight is 262 g/mol. The van der Waals surface area contributed by atoms with Gasteiger partial charge in [-0.2, -0.15) is 10.6 Å². The third kappa shape index (κ3) is 3.85. The molecule has 17 heavy (non-hydrogen) atoms. The standard InChI is InChI=1S/C13H26O3S/c1-4-14-17(3,15-5-2)9-8-11-6-7-12-13(10-11)16-12/h11-13H,4-10H2,1-3H3. The van der Waals surface area contributed by atoms with Crippen LogP contribution in [-0.2, 0) is 13.1 Å². The summed E-state index contributed by atoms with van der Waals surface area (Å²) in [5, 5.41) is 0. The van der Waals surface area contributed by atoms with E-state index in [1.54, 1.807) is 0 Å². The Hall–Kier alpha value is 0.230. The lowest BCUT2D eigenvalue weighted by molar-refractivity contribution is 0.275. The van der Waals surface area contributed by atoms with Crippen LogP contribution in [0.2, 0.25) is 0 Å². The molecule has 0 aromatic heterocycles. The maximum atomic E-state index is 5.83. The number of epoxide rings is 1. The summed E-state index contributed by atoms with van der Waals surface area (Å²) >= 11 is 0. The number of hydrogen-bond donors (Lipinski definition) is 0. The van der Waals surface area contributed by atoms with Crippen LogP contribution in [0.15, 0.2) is 0 Å². The van der Waals surface area contributed by atoms with E-state index in [1.807, 2.05) is 13.8 Å². The molecule has 1 aliphatic heterocycles. The largest absolute Gasteiger partial charge is 0.370 e. The SMILES string of the molecule is CCOS(C)(CCC1CCC2OC2C1)OCC. The highest BCUT2D eigenvalue weighted by atomic mass is 32.3. The molecule has 3 atom stereocenters. The normalized spacial score (nSPS) is 33.2. The van der Waals surface area contributed by atoms with Crippen molar-refractivity contribution >= 4 is 10.6 Å². The molecule has 1 saturated heterocycles. The van der Waals surface area contributed by atoms with Gasteiger partial charge in [0.05, 0.1) is 25.4 Å². The van der Waals surface area contributed by atoms with E-state index in [-0.39, 0.29) is 0 Å². The fourth-order valence-electron chi connectivity index (χ4n) is 2.78. The van der Waals surface area contributed by atoms with E-state index >= 15 is 0 Å². The fourth-order valence-corrected chi connectivity index (χ4v) is 4.84. The molecule has 0 radical (unpaired) electrons. The lowest BCUT2D eigenvalue weighted by Crippen LogP contribution is -2.18. The van der Waals surface area contributed by atoms with E-state index in [0.717, 1.165) is 24.9 Å². The Labute approximate surface area is 107 Å². The van der Waals surface area contributed by atoms with Gasteiger partial charge in [0.1, 0.15) is 0 Å². The molecule has 2 rings (SSSR count). The van der Waals surface area contributed by atoms with Crippen molar-refractivity contribution in [2.45, 2.75) is 51.7 Å². The first-order chi connectivity index (χ1) is 8.17. The first-order valence-corrected chi connectivity index (χ1v) is 8.93. The van der Waals surface area contributed by atoms with Gasteiger partial charge in [0, 0.05) is 12.0 Å². The molecule has 1 saturated carbocycles. The Morgan fingerprint density at radius 3 is 2.41 bits per heavy atom. The molecular weight excluding hydrogens is 236 g/mol. The summed E-state index contributed by atoms with van der Waals surface area (Å²) in [5.41, 5.74) is 0. The van der Waals surface area contributed by atoms with Crippen molar-refractivity contribution < 1.29 is 13.1 Å². The van der Waals surface area contributed by atoms with Crippen LogP contribution in [0.5, 0.6) is 0 Å². The first-order valence-electron chi connectivity index (χ1n) is 6.87. The second kappa shape index (κ2) is 5.91. The van der Waals surface area contributed by atoms with Gasteiger partial charge < -0.3 is 4.74 Å². The summed E-state index contributed by atoms with van der Waals surface area (Å²) in [6, 6.07) is 0. The minimum absolute atomic E-state index is 0.592. The predicted molar refractivity (Wildman–Crippen MR) is 72.3 cm³/mol. The van der Waals surface area contributed by atoms with Crippen molar-refractivity contribution in [2.24, 2.45) is 5.92 Å². The molecule has 0 spiro atoms. The van der Waals surface area contributed by atoms with Gasteiger partial charge in [-0.05, 0) is 45.4 Å². The second-order valence-corrected chi connectivity index (χ2v) is 7.85. The topological polar surface area (TPSA) is 31.0 Å².